The lowest BCUT2D eigenvalue weighted by atomic mass is 10.0. The van der Waals surface area contributed by atoms with Gasteiger partial charge < -0.3 is 15.3 Å². The van der Waals surface area contributed by atoms with E-state index in [4.69, 9.17) is 0 Å². The molecule has 1 atom stereocenters. The van der Waals surface area contributed by atoms with E-state index in [1.165, 1.54) is 0 Å². The smallest absolute Gasteiger partial charge is 0.394 e. The second-order valence-electron chi connectivity index (χ2n) is 7.43. The average Bonchev–Trinajstić information content (AvgIpc) is 2.79. The molecule has 0 saturated carbocycles. The predicted molar refractivity (Wildman–Crippen MR) is 125 cm³/mol. The van der Waals surface area contributed by atoms with Gasteiger partial charge in [-0.3, -0.25) is 9.59 Å². The summed E-state index contributed by atoms with van der Waals surface area (Å²) in [5, 5.41) is 11.9. The number of nitrogens with one attached hydrogen (secondary N) is 1. The fourth-order valence-corrected chi connectivity index (χ4v) is 2.93. The third-order valence-electron chi connectivity index (χ3n) is 5.02. The Balaban J connectivity index is 0.00000281. The maximum atomic E-state index is 13.8. The van der Waals surface area contributed by atoms with E-state index in [1.807, 2.05) is 13.8 Å². The molecule has 0 aliphatic rings. The third kappa shape index (κ3) is 7.69. The second-order valence-corrected chi connectivity index (χ2v) is 7.43. The Morgan fingerprint density at radius 1 is 1.21 bits per heavy atom. The molecule has 186 valence electrons. The molecule has 2 N–H and O–H groups in total. The highest BCUT2D eigenvalue weighted by atomic mass is 19.4. The molecule has 0 aromatic heterocycles. The van der Waals surface area contributed by atoms with Gasteiger partial charge in [-0.25, -0.2) is 4.39 Å². The summed E-state index contributed by atoms with van der Waals surface area (Å²) in [4.78, 5) is 25.8. The lowest BCUT2D eigenvalue weighted by Gasteiger charge is -2.21. The molecule has 0 saturated heterocycles. The highest BCUT2D eigenvalue weighted by Gasteiger charge is 2.34. The summed E-state index contributed by atoms with van der Waals surface area (Å²) < 4.78 is 52.0. The molecule has 0 radical (unpaired) electrons. The molecule has 1 unspecified atom stereocenters. The minimum atomic E-state index is -4.82. The Kier molecular flexibility index (Phi) is 10.9. The topological polar surface area (TPSA) is 69.6 Å². The van der Waals surface area contributed by atoms with E-state index in [1.54, 1.807) is 50.2 Å². The van der Waals surface area contributed by atoms with Gasteiger partial charge in [0.2, 0.25) is 5.91 Å². The summed E-state index contributed by atoms with van der Waals surface area (Å²) in [5.74, 6) is -2.03. The van der Waals surface area contributed by atoms with Gasteiger partial charge in [-0.1, -0.05) is 32.0 Å². The SMILES string of the molecule is CC.Cc1ccc(C=O)c(/C=C\N(C)C(C)CO)c1NC(=O)Cc1ccc(C(F)(F)F)c(F)c1. The highest BCUT2D eigenvalue weighted by Crippen LogP contribution is 2.32. The predicted octanol–water partition coefficient (Wildman–Crippen LogP) is 5.46. The van der Waals surface area contributed by atoms with E-state index in [2.05, 4.69) is 5.32 Å². The molecule has 0 aliphatic heterocycles. The lowest BCUT2D eigenvalue weighted by Crippen LogP contribution is -2.27. The molecule has 0 heterocycles. The number of alkyl halides is 3. The van der Waals surface area contributed by atoms with Crippen molar-refractivity contribution >= 4 is 24.0 Å². The Morgan fingerprint density at radius 2 is 1.85 bits per heavy atom. The van der Waals surface area contributed by atoms with Crippen molar-refractivity contribution in [3.05, 3.63) is 70.2 Å². The summed E-state index contributed by atoms with van der Waals surface area (Å²) in [6.45, 7) is 7.44. The van der Waals surface area contributed by atoms with E-state index in [-0.39, 0.29) is 24.6 Å². The van der Waals surface area contributed by atoms with Crippen LogP contribution in [0.4, 0.5) is 23.2 Å². The Hall–Kier alpha value is -3.20. The standard InChI is InChI=1S/C23H24F4N2O3.C2H6/c1-14-4-6-17(13-31)18(8-9-29(3)15(2)12-30)22(14)28-21(32)11-16-5-7-19(20(24)10-16)23(25,26)27;1-2/h4-10,13,15,30H,11-12H2,1-3H3,(H,28,32);1-2H3/b9-8-;. The number of carbonyl (C=O) groups is 2. The number of carbonyl (C=O) groups excluding carboxylic acids is 2. The maximum Gasteiger partial charge on any atom is 0.419 e. The first-order valence-electron chi connectivity index (χ1n) is 10.7. The van der Waals surface area contributed by atoms with Crippen LogP contribution >= 0.6 is 0 Å². The van der Waals surface area contributed by atoms with Crippen molar-refractivity contribution in [2.24, 2.45) is 0 Å². The van der Waals surface area contributed by atoms with Crippen LogP contribution in [0.5, 0.6) is 0 Å². The summed E-state index contributed by atoms with van der Waals surface area (Å²) in [6.07, 6.45) is -1.26. The van der Waals surface area contributed by atoms with Crippen LogP contribution in [-0.4, -0.2) is 41.9 Å². The number of aliphatic hydroxyl groups excluding tert-OH is 1. The number of benzene rings is 2. The molecule has 2 aromatic carbocycles. The van der Waals surface area contributed by atoms with Crippen molar-refractivity contribution in [2.75, 3.05) is 19.0 Å². The molecule has 2 aromatic rings. The van der Waals surface area contributed by atoms with Crippen LogP contribution in [0.15, 0.2) is 36.5 Å². The number of rotatable bonds is 8. The van der Waals surface area contributed by atoms with E-state index >= 15 is 0 Å². The van der Waals surface area contributed by atoms with Crippen LogP contribution < -0.4 is 5.32 Å². The fourth-order valence-electron chi connectivity index (χ4n) is 2.93. The molecule has 2 rings (SSSR count). The van der Waals surface area contributed by atoms with Crippen LogP contribution in [0.25, 0.3) is 6.08 Å². The normalized spacial score (nSPS) is 12.1. The lowest BCUT2D eigenvalue weighted by molar-refractivity contribution is -0.140. The first kappa shape index (κ1) is 28.8. The van der Waals surface area contributed by atoms with Gasteiger partial charge in [0.25, 0.3) is 0 Å². The number of nitrogens with zero attached hydrogens (tertiary/aromatic N) is 1. The van der Waals surface area contributed by atoms with Crippen LogP contribution in [0, 0.1) is 12.7 Å². The number of amides is 1. The van der Waals surface area contributed by atoms with Gasteiger partial charge in [0.15, 0.2) is 6.29 Å². The van der Waals surface area contributed by atoms with Gasteiger partial charge in [-0.2, -0.15) is 13.2 Å². The van der Waals surface area contributed by atoms with Crippen molar-refractivity contribution < 1.29 is 32.3 Å². The molecular weight excluding hydrogens is 452 g/mol. The highest BCUT2D eigenvalue weighted by molar-refractivity contribution is 5.98. The molecule has 9 heteroatoms. The zero-order valence-corrected chi connectivity index (χ0v) is 19.8. The minimum Gasteiger partial charge on any atom is -0.394 e. The molecule has 0 aliphatic carbocycles. The monoisotopic (exact) mass is 482 g/mol. The minimum absolute atomic E-state index is 0.0748. The number of anilines is 1. The van der Waals surface area contributed by atoms with Crippen molar-refractivity contribution in [1.82, 2.24) is 4.90 Å². The van der Waals surface area contributed by atoms with Gasteiger partial charge in [0.05, 0.1) is 24.3 Å². The van der Waals surface area contributed by atoms with E-state index in [9.17, 15) is 32.3 Å². The number of aldehydes is 1. The van der Waals surface area contributed by atoms with Crippen LogP contribution in [-0.2, 0) is 17.4 Å². The summed E-state index contributed by atoms with van der Waals surface area (Å²) in [5.41, 5.74) is 0.431. The van der Waals surface area contributed by atoms with Crippen molar-refractivity contribution in [3.8, 4) is 0 Å². The molecule has 34 heavy (non-hydrogen) atoms. The first-order chi connectivity index (χ1) is 16.0. The largest absolute Gasteiger partial charge is 0.419 e. The molecule has 0 fully saturated rings. The number of aliphatic hydroxyl groups is 1. The summed E-state index contributed by atoms with van der Waals surface area (Å²) >= 11 is 0. The molecular formula is C25H30F4N2O3. The quantitative estimate of drug-likeness (QED) is 0.388. The molecule has 5 nitrogen and oxygen atoms in total. The first-order valence-corrected chi connectivity index (χ1v) is 10.7. The fraction of sp³-hybridized carbons (Fsp3) is 0.360. The summed E-state index contributed by atoms with van der Waals surface area (Å²) in [6, 6.07) is 5.40. The Bertz CT molecular complexity index is 1020. The Morgan fingerprint density at radius 3 is 2.38 bits per heavy atom. The zero-order chi connectivity index (χ0) is 26.1. The van der Waals surface area contributed by atoms with E-state index < -0.39 is 23.5 Å². The second kappa shape index (κ2) is 12.9. The number of halogens is 4. The number of hydrogen-bond donors (Lipinski definition) is 2. The van der Waals surface area contributed by atoms with Gasteiger partial charge in [-0.15, -0.1) is 0 Å². The average molecular weight is 483 g/mol. The van der Waals surface area contributed by atoms with E-state index in [0.717, 1.165) is 6.07 Å². The third-order valence-corrected chi connectivity index (χ3v) is 5.02. The molecule has 1 amide bonds. The van der Waals surface area contributed by atoms with Gasteiger partial charge in [-0.05, 0) is 49.4 Å². The Labute approximate surface area is 197 Å². The van der Waals surface area contributed by atoms with Crippen LogP contribution in [0.2, 0.25) is 0 Å². The number of hydrogen-bond acceptors (Lipinski definition) is 4. The maximum absolute atomic E-state index is 13.8. The van der Waals surface area contributed by atoms with Crippen molar-refractivity contribution in [1.29, 1.82) is 0 Å². The van der Waals surface area contributed by atoms with Crippen molar-refractivity contribution in [2.45, 2.75) is 46.3 Å². The molecule has 0 bridgehead atoms. The van der Waals surface area contributed by atoms with Gasteiger partial charge >= 0.3 is 6.18 Å². The number of likely N-dealkylation sites (N-methyl/N-ethyl adjacent to an activating group) is 1. The molecule has 0 spiro atoms. The van der Waals surface area contributed by atoms with Gasteiger partial charge in [0, 0.05) is 24.2 Å². The number of aryl methyl sites for hydroxylation is 1. The van der Waals surface area contributed by atoms with Crippen LogP contribution in [0.1, 0.15) is 53.4 Å². The summed E-state index contributed by atoms with van der Waals surface area (Å²) in [7, 11) is 1.74. The van der Waals surface area contributed by atoms with Crippen LogP contribution in [0.3, 0.4) is 0 Å². The van der Waals surface area contributed by atoms with Crippen molar-refractivity contribution in [3.63, 3.8) is 0 Å². The zero-order valence-electron chi connectivity index (χ0n) is 19.8. The van der Waals surface area contributed by atoms with E-state index in [0.29, 0.717) is 40.8 Å². The van der Waals surface area contributed by atoms with Gasteiger partial charge in [0.1, 0.15) is 5.82 Å².